The fourth-order valence-corrected chi connectivity index (χ4v) is 2.54. The SMILES string of the molecule is N#CCCSC1CCCC1. The second kappa shape index (κ2) is 4.62. The van der Waals surface area contributed by atoms with Crippen molar-refractivity contribution in [1.29, 1.82) is 5.26 Å². The lowest BCUT2D eigenvalue weighted by molar-refractivity contribution is 0.886. The molecule has 1 fully saturated rings. The first-order valence-electron chi connectivity index (χ1n) is 3.92. The summed E-state index contributed by atoms with van der Waals surface area (Å²) in [4.78, 5) is 0. The first-order valence-corrected chi connectivity index (χ1v) is 4.97. The number of hydrogen-bond donors (Lipinski definition) is 0. The van der Waals surface area contributed by atoms with Crippen LogP contribution >= 0.6 is 11.8 Å². The Labute approximate surface area is 66.8 Å². The molecule has 0 aromatic carbocycles. The third-order valence-electron chi connectivity index (χ3n) is 1.87. The highest BCUT2D eigenvalue weighted by Crippen LogP contribution is 2.29. The molecule has 0 aromatic rings. The summed E-state index contributed by atoms with van der Waals surface area (Å²) >= 11 is 1.99. The molecule has 1 aliphatic carbocycles. The van der Waals surface area contributed by atoms with E-state index in [0.717, 1.165) is 17.4 Å². The van der Waals surface area contributed by atoms with E-state index in [1.165, 1.54) is 25.7 Å². The lowest BCUT2D eigenvalue weighted by Gasteiger charge is -2.04. The Morgan fingerprint density at radius 3 is 2.70 bits per heavy atom. The highest BCUT2D eigenvalue weighted by Gasteiger charge is 2.14. The number of nitrogens with zero attached hydrogens (tertiary/aromatic N) is 1. The molecule has 0 spiro atoms. The van der Waals surface area contributed by atoms with Gasteiger partial charge in [-0.05, 0) is 12.8 Å². The normalized spacial score (nSPS) is 19.1. The van der Waals surface area contributed by atoms with Gasteiger partial charge in [-0.1, -0.05) is 12.8 Å². The molecule has 1 nitrogen and oxygen atoms in total. The molecular formula is C8H13NS. The average molecular weight is 155 g/mol. The first kappa shape index (κ1) is 7.94. The minimum atomic E-state index is 0.723. The zero-order valence-electron chi connectivity index (χ0n) is 6.18. The van der Waals surface area contributed by atoms with Crippen molar-refractivity contribution in [3.05, 3.63) is 0 Å². The zero-order valence-corrected chi connectivity index (χ0v) is 6.99. The fraction of sp³-hybridized carbons (Fsp3) is 0.875. The maximum absolute atomic E-state index is 8.28. The van der Waals surface area contributed by atoms with Gasteiger partial charge in [-0.3, -0.25) is 0 Å². The Hall–Kier alpha value is -0.160. The maximum Gasteiger partial charge on any atom is 0.0630 e. The van der Waals surface area contributed by atoms with E-state index in [9.17, 15) is 0 Å². The molecule has 0 N–H and O–H groups in total. The van der Waals surface area contributed by atoms with Crippen LogP contribution in [0.3, 0.4) is 0 Å². The van der Waals surface area contributed by atoms with E-state index in [4.69, 9.17) is 5.26 Å². The Morgan fingerprint density at radius 1 is 1.40 bits per heavy atom. The van der Waals surface area contributed by atoms with Crippen molar-refractivity contribution < 1.29 is 0 Å². The average Bonchev–Trinajstić information content (AvgIpc) is 2.41. The molecule has 1 rings (SSSR count). The molecule has 0 saturated heterocycles. The minimum absolute atomic E-state index is 0.723. The van der Waals surface area contributed by atoms with E-state index in [-0.39, 0.29) is 0 Å². The Balaban J connectivity index is 1.97. The van der Waals surface area contributed by atoms with Crippen LogP contribution in [0.1, 0.15) is 32.1 Å². The van der Waals surface area contributed by atoms with Gasteiger partial charge in [-0.25, -0.2) is 0 Å². The van der Waals surface area contributed by atoms with Crippen LogP contribution in [0.25, 0.3) is 0 Å². The topological polar surface area (TPSA) is 23.8 Å². The Morgan fingerprint density at radius 2 is 2.10 bits per heavy atom. The van der Waals surface area contributed by atoms with Crippen LogP contribution in [-0.2, 0) is 0 Å². The van der Waals surface area contributed by atoms with Gasteiger partial charge < -0.3 is 0 Å². The van der Waals surface area contributed by atoms with Gasteiger partial charge in [-0.2, -0.15) is 17.0 Å². The fourth-order valence-electron chi connectivity index (χ4n) is 1.33. The number of rotatable bonds is 3. The van der Waals surface area contributed by atoms with Gasteiger partial charge in [0.2, 0.25) is 0 Å². The quantitative estimate of drug-likeness (QED) is 0.585. The summed E-state index contributed by atoms with van der Waals surface area (Å²) < 4.78 is 0. The molecular weight excluding hydrogens is 142 g/mol. The zero-order chi connectivity index (χ0) is 7.23. The standard InChI is InChI=1S/C8H13NS/c9-6-3-7-10-8-4-1-2-5-8/h8H,1-5,7H2. The van der Waals surface area contributed by atoms with Gasteiger partial charge >= 0.3 is 0 Å². The molecule has 0 unspecified atom stereocenters. The Kier molecular flexibility index (Phi) is 3.67. The van der Waals surface area contributed by atoms with E-state index in [1.54, 1.807) is 0 Å². The molecule has 56 valence electrons. The lowest BCUT2D eigenvalue weighted by atomic mass is 10.4. The number of hydrogen-bond acceptors (Lipinski definition) is 2. The van der Waals surface area contributed by atoms with Crippen LogP contribution < -0.4 is 0 Å². The van der Waals surface area contributed by atoms with Gasteiger partial charge in [0.15, 0.2) is 0 Å². The van der Waals surface area contributed by atoms with E-state index >= 15 is 0 Å². The van der Waals surface area contributed by atoms with Gasteiger partial charge in [-0.15, -0.1) is 0 Å². The van der Waals surface area contributed by atoms with Crippen LogP contribution in [0, 0.1) is 11.3 Å². The molecule has 1 saturated carbocycles. The van der Waals surface area contributed by atoms with Crippen LogP contribution in [0.2, 0.25) is 0 Å². The number of thioether (sulfide) groups is 1. The predicted octanol–water partition coefficient (Wildman–Crippen LogP) is 2.58. The van der Waals surface area contributed by atoms with Gasteiger partial charge in [0, 0.05) is 17.4 Å². The van der Waals surface area contributed by atoms with E-state index < -0.39 is 0 Å². The van der Waals surface area contributed by atoms with Crippen molar-refractivity contribution in [3.8, 4) is 6.07 Å². The minimum Gasteiger partial charge on any atom is -0.198 e. The molecule has 0 aromatic heterocycles. The summed E-state index contributed by atoms with van der Waals surface area (Å²) in [5.41, 5.74) is 0. The molecule has 0 atom stereocenters. The Bertz CT molecular complexity index is 122. The van der Waals surface area contributed by atoms with Gasteiger partial charge in [0.05, 0.1) is 6.07 Å². The smallest absolute Gasteiger partial charge is 0.0630 e. The third kappa shape index (κ3) is 2.62. The summed E-state index contributed by atoms with van der Waals surface area (Å²) in [7, 11) is 0. The van der Waals surface area contributed by atoms with Crippen molar-refractivity contribution in [1.82, 2.24) is 0 Å². The summed E-state index contributed by atoms with van der Waals surface area (Å²) in [6, 6.07) is 2.17. The summed E-state index contributed by atoms with van der Waals surface area (Å²) in [6.07, 6.45) is 6.31. The molecule has 0 bridgehead atoms. The summed E-state index contributed by atoms with van der Waals surface area (Å²) in [5, 5.41) is 9.16. The molecule has 0 amide bonds. The summed E-state index contributed by atoms with van der Waals surface area (Å²) in [5.74, 6) is 1.04. The predicted molar refractivity (Wildman–Crippen MR) is 44.9 cm³/mol. The van der Waals surface area contributed by atoms with Crippen molar-refractivity contribution in [2.75, 3.05) is 5.75 Å². The molecule has 1 aliphatic rings. The van der Waals surface area contributed by atoms with Gasteiger partial charge in [0.1, 0.15) is 0 Å². The monoisotopic (exact) mass is 155 g/mol. The molecule has 0 heterocycles. The van der Waals surface area contributed by atoms with E-state index in [2.05, 4.69) is 6.07 Å². The molecule has 0 aliphatic heterocycles. The van der Waals surface area contributed by atoms with Crippen LogP contribution in [-0.4, -0.2) is 11.0 Å². The largest absolute Gasteiger partial charge is 0.198 e. The molecule has 2 heteroatoms. The lowest BCUT2D eigenvalue weighted by Crippen LogP contribution is -1.94. The summed E-state index contributed by atoms with van der Waals surface area (Å²) in [6.45, 7) is 0. The first-order chi connectivity index (χ1) is 4.93. The second-order valence-corrected chi connectivity index (χ2v) is 4.09. The van der Waals surface area contributed by atoms with E-state index in [1.807, 2.05) is 11.8 Å². The van der Waals surface area contributed by atoms with E-state index in [0.29, 0.717) is 0 Å². The third-order valence-corrected chi connectivity index (χ3v) is 3.25. The molecule has 10 heavy (non-hydrogen) atoms. The number of nitriles is 1. The van der Waals surface area contributed by atoms with Crippen molar-refractivity contribution in [3.63, 3.8) is 0 Å². The van der Waals surface area contributed by atoms with Crippen LogP contribution in [0.5, 0.6) is 0 Å². The van der Waals surface area contributed by atoms with Gasteiger partial charge in [0.25, 0.3) is 0 Å². The van der Waals surface area contributed by atoms with Crippen LogP contribution in [0.15, 0.2) is 0 Å². The highest BCUT2D eigenvalue weighted by molar-refractivity contribution is 7.99. The highest BCUT2D eigenvalue weighted by atomic mass is 32.2. The van der Waals surface area contributed by atoms with Crippen molar-refractivity contribution in [2.45, 2.75) is 37.4 Å². The van der Waals surface area contributed by atoms with Crippen molar-refractivity contribution in [2.24, 2.45) is 0 Å². The second-order valence-electron chi connectivity index (χ2n) is 2.69. The maximum atomic E-state index is 8.28. The molecule has 0 radical (unpaired) electrons. The van der Waals surface area contributed by atoms with Crippen molar-refractivity contribution >= 4 is 11.8 Å². The van der Waals surface area contributed by atoms with Crippen LogP contribution in [0.4, 0.5) is 0 Å².